The molecule has 0 bridgehead atoms. The van der Waals surface area contributed by atoms with Crippen molar-refractivity contribution in [1.82, 2.24) is 0 Å². The summed E-state index contributed by atoms with van der Waals surface area (Å²) in [5, 5.41) is 0. The Morgan fingerprint density at radius 2 is 2.57 bits per heavy atom. The molecule has 1 saturated heterocycles. The van der Waals surface area contributed by atoms with Gasteiger partial charge in [0.15, 0.2) is 0 Å². The van der Waals surface area contributed by atoms with E-state index in [-0.39, 0.29) is 0 Å². The van der Waals surface area contributed by atoms with Crippen LogP contribution in [-0.4, -0.2) is 26.4 Å². The van der Waals surface area contributed by atoms with Crippen LogP contribution in [0, 0.1) is 0 Å². The van der Waals surface area contributed by atoms with Crippen molar-refractivity contribution in [3.63, 3.8) is 0 Å². The minimum Gasteiger partial charge on any atom is -0.370 e. The molecule has 0 aliphatic carbocycles. The largest absolute Gasteiger partial charge is 0.370 e. The van der Waals surface area contributed by atoms with Crippen LogP contribution in [0.3, 0.4) is 0 Å². The minimum absolute atomic E-state index is 0.306. The van der Waals surface area contributed by atoms with Gasteiger partial charge in [0, 0.05) is 0 Å². The summed E-state index contributed by atoms with van der Waals surface area (Å²) < 4.78 is 4.81. The fraction of sp³-hybridized carbons (Fsp3) is 1.00. The Kier molecular flexibility index (Phi) is 1.62. The second-order valence-electron chi connectivity index (χ2n) is 1.41. The topological polar surface area (TPSA) is 31.0 Å². The molecular weight excluding hydrogens is 96.0 g/mol. The summed E-state index contributed by atoms with van der Waals surface area (Å²) in [6, 6.07) is 0. The molecule has 1 fully saturated rings. The molecule has 7 heavy (non-hydrogen) atoms. The maximum absolute atomic E-state index is 4.81. The predicted octanol–water partition coefficient (Wildman–Crippen LogP) is -0.0368. The van der Waals surface area contributed by atoms with Gasteiger partial charge in [0.2, 0.25) is 0 Å². The van der Waals surface area contributed by atoms with E-state index < -0.39 is 0 Å². The van der Waals surface area contributed by atoms with Gasteiger partial charge in [0.05, 0.1) is 13.7 Å². The Labute approximate surface area is 42.1 Å². The Morgan fingerprint density at radius 3 is 3.00 bits per heavy atom. The third-order valence-corrected chi connectivity index (χ3v) is 0.774. The van der Waals surface area contributed by atoms with E-state index in [2.05, 4.69) is 9.78 Å². The smallest absolute Gasteiger partial charge is 0.111 e. The van der Waals surface area contributed by atoms with Gasteiger partial charge in [-0.1, -0.05) is 0 Å². The predicted molar refractivity (Wildman–Crippen MR) is 22.7 cm³/mol. The van der Waals surface area contributed by atoms with Gasteiger partial charge < -0.3 is 4.74 Å². The first-order valence-corrected chi connectivity index (χ1v) is 2.20. The molecule has 0 spiro atoms. The van der Waals surface area contributed by atoms with Crippen LogP contribution < -0.4 is 0 Å². The third-order valence-electron chi connectivity index (χ3n) is 0.774. The summed E-state index contributed by atoms with van der Waals surface area (Å²) in [6.07, 6.45) is 0.306. The summed E-state index contributed by atoms with van der Waals surface area (Å²) in [5.74, 6) is 0. The quantitative estimate of drug-likeness (QED) is 0.286. The van der Waals surface area contributed by atoms with Gasteiger partial charge in [0.25, 0.3) is 0 Å². The van der Waals surface area contributed by atoms with E-state index in [4.69, 9.17) is 4.74 Å². The number of hydrogen-bond acceptors (Lipinski definition) is 3. The summed E-state index contributed by atoms with van der Waals surface area (Å²) in [4.78, 5) is 8.85. The average Bonchev–Trinajstić information content (AvgIpc) is 2.42. The molecule has 1 unspecified atom stereocenters. The zero-order chi connectivity index (χ0) is 5.11. The van der Waals surface area contributed by atoms with Gasteiger partial charge >= 0.3 is 0 Å². The van der Waals surface area contributed by atoms with Crippen LogP contribution in [-0.2, 0) is 14.5 Å². The van der Waals surface area contributed by atoms with Crippen LogP contribution in [0.5, 0.6) is 0 Å². The van der Waals surface area contributed by atoms with E-state index in [0.29, 0.717) is 12.7 Å². The molecule has 1 heterocycles. The van der Waals surface area contributed by atoms with Gasteiger partial charge in [-0.25, -0.2) is 9.78 Å². The van der Waals surface area contributed by atoms with Gasteiger partial charge in [-0.05, 0) is 0 Å². The Bertz CT molecular complexity index is 50.9. The fourth-order valence-corrected chi connectivity index (χ4v) is 0.308. The van der Waals surface area contributed by atoms with Crippen LogP contribution >= 0.6 is 0 Å². The molecule has 1 aliphatic heterocycles. The van der Waals surface area contributed by atoms with Crippen molar-refractivity contribution in [3.8, 4) is 0 Å². The number of rotatable bonds is 3. The Morgan fingerprint density at radius 1 is 1.86 bits per heavy atom. The lowest BCUT2D eigenvalue weighted by Gasteiger charge is -1.91. The highest BCUT2D eigenvalue weighted by Crippen LogP contribution is 2.07. The van der Waals surface area contributed by atoms with Crippen molar-refractivity contribution in [2.24, 2.45) is 0 Å². The van der Waals surface area contributed by atoms with Crippen LogP contribution in [0.2, 0.25) is 0 Å². The number of ether oxygens (including phenoxy) is 1. The van der Waals surface area contributed by atoms with Gasteiger partial charge in [-0.3, -0.25) is 0 Å². The average molecular weight is 104 g/mol. The highest BCUT2D eigenvalue weighted by molar-refractivity contribution is 4.65. The maximum atomic E-state index is 4.81. The van der Waals surface area contributed by atoms with E-state index in [1.807, 2.05) is 0 Å². The van der Waals surface area contributed by atoms with Crippen LogP contribution in [0.15, 0.2) is 0 Å². The molecule has 0 aromatic carbocycles. The second-order valence-corrected chi connectivity index (χ2v) is 1.41. The van der Waals surface area contributed by atoms with Crippen LogP contribution in [0.4, 0.5) is 0 Å². The molecule has 0 N–H and O–H groups in total. The minimum atomic E-state index is 0.306. The SMILES string of the molecule is COOCC1CO1. The monoisotopic (exact) mass is 104 g/mol. The van der Waals surface area contributed by atoms with Crippen LogP contribution in [0.1, 0.15) is 0 Å². The normalized spacial score (nSPS) is 27.9. The van der Waals surface area contributed by atoms with Gasteiger partial charge in [-0.2, -0.15) is 0 Å². The molecule has 3 nitrogen and oxygen atoms in total. The standard InChI is InChI=1S/C4H8O3/c1-5-7-3-4-2-6-4/h4H,2-3H2,1H3. The molecule has 1 rings (SSSR count). The third kappa shape index (κ3) is 1.87. The molecule has 3 heteroatoms. The first-order chi connectivity index (χ1) is 3.43. The Balaban J connectivity index is 1.80. The summed E-state index contributed by atoms with van der Waals surface area (Å²) in [6.45, 7) is 1.39. The molecule has 0 saturated carbocycles. The lowest BCUT2D eigenvalue weighted by Crippen LogP contribution is -1.98. The number of hydrogen-bond donors (Lipinski definition) is 0. The molecule has 1 atom stereocenters. The van der Waals surface area contributed by atoms with Crippen molar-refractivity contribution in [1.29, 1.82) is 0 Å². The van der Waals surface area contributed by atoms with Crippen LogP contribution in [0.25, 0.3) is 0 Å². The zero-order valence-corrected chi connectivity index (χ0v) is 4.22. The maximum Gasteiger partial charge on any atom is 0.111 e. The molecule has 0 aromatic heterocycles. The molecule has 0 aromatic rings. The van der Waals surface area contributed by atoms with Crippen molar-refractivity contribution in [2.45, 2.75) is 6.10 Å². The lowest BCUT2D eigenvalue weighted by atomic mass is 10.5. The van der Waals surface area contributed by atoms with E-state index in [0.717, 1.165) is 6.61 Å². The van der Waals surface area contributed by atoms with Crippen molar-refractivity contribution in [3.05, 3.63) is 0 Å². The molecule has 1 aliphatic rings. The highest BCUT2D eigenvalue weighted by atomic mass is 17.2. The molecule has 42 valence electrons. The molecular formula is C4H8O3. The van der Waals surface area contributed by atoms with Crippen molar-refractivity contribution in [2.75, 3.05) is 20.3 Å². The Hall–Kier alpha value is -0.120. The first-order valence-electron chi connectivity index (χ1n) is 2.20. The fourth-order valence-electron chi connectivity index (χ4n) is 0.308. The second kappa shape index (κ2) is 2.26. The van der Waals surface area contributed by atoms with Crippen molar-refractivity contribution >= 4 is 0 Å². The lowest BCUT2D eigenvalue weighted by molar-refractivity contribution is -0.274. The van der Waals surface area contributed by atoms with E-state index >= 15 is 0 Å². The number of epoxide rings is 1. The summed E-state index contributed by atoms with van der Waals surface area (Å²) in [5.41, 5.74) is 0. The van der Waals surface area contributed by atoms with E-state index in [9.17, 15) is 0 Å². The zero-order valence-electron chi connectivity index (χ0n) is 4.22. The van der Waals surface area contributed by atoms with E-state index in [1.54, 1.807) is 0 Å². The first kappa shape index (κ1) is 5.03. The molecule has 0 amide bonds. The summed E-state index contributed by atoms with van der Waals surface area (Å²) >= 11 is 0. The van der Waals surface area contributed by atoms with Gasteiger partial charge in [0.1, 0.15) is 12.7 Å². The van der Waals surface area contributed by atoms with Crippen molar-refractivity contribution < 1.29 is 14.5 Å². The summed E-state index contributed by atoms with van der Waals surface area (Å²) in [7, 11) is 1.49. The van der Waals surface area contributed by atoms with E-state index in [1.165, 1.54) is 7.11 Å². The highest BCUT2D eigenvalue weighted by Gasteiger charge is 2.22. The van der Waals surface area contributed by atoms with Gasteiger partial charge in [-0.15, -0.1) is 0 Å². The molecule has 0 radical (unpaired) electrons.